The van der Waals surface area contributed by atoms with E-state index in [2.05, 4.69) is 15.2 Å². The summed E-state index contributed by atoms with van der Waals surface area (Å²) in [4.78, 5) is 18.1. The molecule has 0 aliphatic rings. The van der Waals surface area contributed by atoms with Crippen molar-refractivity contribution in [2.24, 2.45) is 0 Å². The van der Waals surface area contributed by atoms with Crippen LogP contribution in [0.3, 0.4) is 0 Å². The fourth-order valence-electron chi connectivity index (χ4n) is 2.48. The predicted molar refractivity (Wildman–Crippen MR) is 91.2 cm³/mol. The van der Waals surface area contributed by atoms with Crippen molar-refractivity contribution < 1.29 is 9.21 Å². The van der Waals surface area contributed by atoms with Crippen LogP contribution in [-0.2, 0) is 0 Å². The molecule has 0 fully saturated rings. The minimum atomic E-state index is 0.0313. The number of aromatic nitrogens is 3. The number of nitrogens with one attached hydrogen (secondary N) is 1. The van der Waals surface area contributed by atoms with E-state index in [0.29, 0.717) is 36.0 Å². The van der Waals surface area contributed by atoms with Crippen LogP contribution in [0.5, 0.6) is 0 Å². The Labute approximate surface area is 139 Å². The number of anilines is 1. The number of nitrogen functional groups attached to an aromatic ring is 1. The van der Waals surface area contributed by atoms with Gasteiger partial charge in [-0.2, -0.15) is 4.98 Å². The molecule has 3 rings (SSSR count). The van der Waals surface area contributed by atoms with E-state index in [1.165, 1.54) is 0 Å². The van der Waals surface area contributed by atoms with E-state index in [1.54, 1.807) is 11.0 Å². The van der Waals surface area contributed by atoms with E-state index in [9.17, 15) is 4.79 Å². The van der Waals surface area contributed by atoms with Gasteiger partial charge in [-0.15, -0.1) is 5.10 Å². The zero-order valence-corrected chi connectivity index (χ0v) is 13.6. The number of furan rings is 1. The summed E-state index contributed by atoms with van der Waals surface area (Å²) < 4.78 is 5.77. The van der Waals surface area contributed by atoms with Crippen LogP contribution in [0.1, 0.15) is 24.2 Å². The highest BCUT2D eigenvalue weighted by Crippen LogP contribution is 2.27. The number of benzene rings is 1. The molecule has 7 nitrogen and oxygen atoms in total. The van der Waals surface area contributed by atoms with Crippen LogP contribution in [-0.4, -0.2) is 39.1 Å². The molecule has 0 bridgehead atoms. The highest BCUT2D eigenvalue weighted by molar-refractivity contribution is 5.94. The molecule has 0 saturated heterocycles. The molecule has 0 spiro atoms. The molecule has 0 aliphatic carbocycles. The molecule has 2 aromatic heterocycles. The molecular weight excluding hydrogens is 306 g/mol. The van der Waals surface area contributed by atoms with Gasteiger partial charge in [0.05, 0.1) is 0 Å². The van der Waals surface area contributed by atoms with Crippen LogP contribution in [0.2, 0.25) is 0 Å². The van der Waals surface area contributed by atoms with E-state index >= 15 is 0 Å². The van der Waals surface area contributed by atoms with Crippen molar-refractivity contribution in [3.05, 3.63) is 42.0 Å². The molecule has 3 N–H and O–H groups in total. The summed E-state index contributed by atoms with van der Waals surface area (Å²) in [7, 11) is 0. The number of H-pyrrole nitrogens is 1. The topological polar surface area (TPSA) is 101 Å². The second-order valence-electron chi connectivity index (χ2n) is 5.26. The molecule has 1 amide bonds. The zero-order chi connectivity index (χ0) is 17.1. The van der Waals surface area contributed by atoms with Crippen LogP contribution in [0.15, 0.2) is 40.8 Å². The number of rotatable bonds is 5. The molecule has 24 heavy (non-hydrogen) atoms. The Morgan fingerprint density at radius 3 is 2.38 bits per heavy atom. The average molecular weight is 325 g/mol. The first-order valence-corrected chi connectivity index (χ1v) is 7.80. The number of aromatic amines is 1. The molecule has 0 atom stereocenters. The maximum atomic E-state index is 12.3. The molecule has 0 radical (unpaired) electrons. The molecule has 1 aromatic carbocycles. The Morgan fingerprint density at radius 1 is 1.12 bits per heavy atom. The van der Waals surface area contributed by atoms with Crippen LogP contribution in [0.4, 0.5) is 5.95 Å². The van der Waals surface area contributed by atoms with E-state index in [1.807, 2.05) is 44.2 Å². The van der Waals surface area contributed by atoms with Crippen LogP contribution in [0, 0.1) is 0 Å². The molecule has 0 aliphatic heterocycles. The summed E-state index contributed by atoms with van der Waals surface area (Å²) in [6, 6.07) is 11.0. The molecule has 124 valence electrons. The van der Waals surface area contributed by atoms with Crippen molar-refractivity contribution >= 4 is 11.9 Å². The van der Waals surface area contributed by atoms with Gasteiger partial charge in [-0.3, -0.25) is 9.89 Å². The first-order valence-electron chi connectivity index (χ1n) is 7.80. The number of hydrogen-bond donors (Lipinski definition) is 2. The highest BCUT2D eigenvalue weighted by atomic mass is 16.3. The Bertz CT molecular complexity index is 831. The largest absolute Gasteiger partial charge is 0.453 e. The quantitative estimate of drug-likeness (QED) is 0.751. The summed E-state index contributed by atoms with van der Waals surface area (Å²) in [5.74, 6) is 1.91. The summed E-state index contributed by atoms with van der Waals surface area (Å²) in [5, 5.41) is 6.48. The fraction of sp³-hybridized carbons (Fsp3) is 0.235. The van der Waals surface area contributed by atoms with E-state index in [4.69, 9.17) is 10.2 Å². The lowest BCUT2D eigenvalue weighted by molar-refractivity contribution is 0.0773. The van der Waals surface area contributed by atoms with Gasteiger partial charge in [-0.05, 0) is 38.1 Å². The van der Waals surface area contributed by atoms with Gasteiger partial charge in [0, 0.05) is 24.2 Å². The highest BCUT2D eigenvalue weighted by Gasteiger charge is 2.14. The molecule has 7 heteroatoms. The number of amides is 1. The zero-order valence-electron chi connectivity index (χ0n) is 13.6. The van der Waals surface area contributed by atoms with Gasteiger partial charge >= 0.3 is 0 Å². The Hall–Kier alpha value is -3.09. The van der Waals surface area contributed by atoms with Gasteiger partial charge in [-0.25, -0.2) is 0 Å². The second kappa shape index (κ2) is 6.57. The lowest BCUT2D eigenvalue weighted by atomic mass is 10.1. The van der Waals surface area contributed by atoms with Crippen molar-refractivity contribution in [1.29, 1.82) is 0 Å². The van der Waals surface area contributed by atoms with Gasteiger partial charge in [0.2, 0.25) is 5.95 Å². The second-order valence-corrected chi connectivity index (χ2v) is 5.26. The van der Waals surface area contributed by atoms with Crippen LogP contribution < -0.4 is 5.73 Å². The summed E-state index contributed by atoms with van der Waals surface area (Å²) >= 11 is 0. The summed E-state index contributed by atoms with van der Waals surface area (Å²) in [6.07, 6.45) is 0. The third-order valence-corrected chi connectivity index (χ3v) is 3.81. The summed E-state index contributed by atoms with van der Waals surface area (Å²) in [5.41, 5.74) is 7.04. The van der Waals surface area contributed by atoms with Gasteiger partial charge < -0.3 is 15.1 Å². The molecule has 0 saturated carbocycles. The number of carbonyl (C=O) groups is 1. The predicted octanol–water partition coefficient (Wildman–Crippen LogP) is 2.80. The Kier molecular flexibility index (Phi) is 4.33. The van der Waals surface area contributed by atoms with E-state index < -0.39 is 0 Å². The van der Waals surface area contributed by atoms with Crippen molar-refractivity contribution in [3.63, 3.8) is 0 Å². The van der Waals surface area contributed by atoms with E-state index in [-0.39, 0.29) is 11.9 Å². The van der Waals surface area contributed by atoms with Crippen molar-refractivity contribution in [2.75, 3.05) is 18.8 Å². The standard InChI is InChI=1S/C17H19N5O2/c1-3-22(4-2)16(23)12-7-5-11(6-8-12)13-9-10-14(24-13)15-19-17(18)21-20-15/h5-10H,3-4H2,1-2H3,(H3,18,19,20,21). The average Bonchev–Trinajstić information content (AvgIpc) is 3.25. The molecule has 3 aromatic rings. The third-order valence-electron chi connectivity index (χ3n) is 3.81. The minimum Gasteiger partial charge on any atom is -0.453 e. The van der Waals surface area contributed by atoms with Crippen molar-refractivity contribution in [3.8, 4) is 22.9 Å². The van der Waals surface area contributed by atoms with Crippen molar-refractivity contribution in [1.82, 2.24) is 20.1 Å². The third kappa shape index (κ3) is 3.01. The van der Waals surface area contributed by atoms with Gasteiger partial charge in [0.25, 0.3) is 5.91 Å². The number of carbonyl (C=O) groups excluding carboxylic acids is 1. The molecular formula is C17H19N5O2. The maximum absolute atomic E-state index is 12.3. The summed E-state index contributed by atoms with van der Waals surface area (Å²) in [6.45, 7) is 5.32. The van der Waals surface area contributed by atoms with E-state index in [0.717, 1.165) is 5.56 Å². The molecule has 2 heterocycles. The first kappa shape index (κ1) is 15.8. The fourth-order valence-corrected chi connectivity index (χ4v) is 2.48. The first-order chi connectivity index (χ1) is 11.6. The van der Waals surface area contributed by atoms with Crippen LogP contribution >= 0.6 is 0 Å². The van der Waals surface area contributed by atoms with Gasteiger partial charge in [-0.1, -0.05) is 12.1 Å². The maximum Gasteiger partial charge on any atom is 0.253 e. The monoisotopic (exact) mass is 325 g/mol. The van der Waals surface area contributed by atoms with Crippen molar-refractivity contribution in [2.45, 2.75) is 13.8 Å². The molecule has 0 unspecified atom stereocenters. The lowest BCUT2D eigenvalue weighted by Gasteiger charge is -2.18. The Morgan fingerprint density at radius 2 is 1.79 bits per heavy atom. The lowest BCUT2D eigenvalue weighted by Crippen LogP contribution is -2.30. The smallest absolute Gasteiger partial charge is 0.253 e. The normalized spacial score (nSPS) is 10.8. The minimum absolute atomic E-state index is 0.0313. The van der Waals surface area contributed by atoms with Crippen LogP contribution in [0.25, 0.3) is 22.9 Å². The number of hydrogen-bond acceptors (Lipinski definition) is 5. The number of nitrogens with zero attached hydrogens (tertiary/aromatic N) is 3. The Balaban J connectivity index is 1.81. The van der Waals surface area contributed by atoms with Gasteiger partial charge in [0.1, 0.15) is 5.76 Å². The van der Waals surface area contributed by atoms with Gasteiger partial charge in [0.15, 0.2) is 11.6 Å². The SMILES string of the molecule is CCN(CC)C(=O)c1ccc(-c2ccc(-c3nc(N)n[nH]3)o2)cc1. The number of nitrogens with two attached hydrogens (primary N) is 1.